The molecule has 0 aliphatic heterocycles. The Bertz CT molecular complexity index is 197. The van der Waals surface area contributed by atoms with Crippen LogP contribution in [0.1, 0.15) is 46.0 Å². The van der Waals surface area contributed by atoms with E-state index in [0.29, 0.717) is 6.42 Å². The fourth-order valence-corrected chi connectivity index (χ4v) is 1.33. The zero-order valence-corrected chi connectivity index (χ0v) is 10.1. The fourth-order valence-electron chi connectivity index (χ4n) is 1.33. The molecule has 0 radical (unpaired) electrons. The first-order valence-electron chi connectivity index (χ1n) is 5.76. The summed E-state index contributed by atoms with van der Waals surface area (Å²) >= 11 is 0. The SMILES string of the molecule is CCCCC/C(C)=C/CCOCC(F)(F)F. The van der Waals surface area contributed by atoms with Crippen molar-refractivity contribution in [3.8, 4) is 0 Å². The van der Waals surface area contributed by atoms with E-state index in [-0.39, 0.29) is 6.61 Å². The molecule has 0 aliphatic carbocycles. The first kappa shape index (κ1) is 15.5. The van der Waals surface area contributed by atoms with E-state index in [1.165, 1.54) is 18.4 Å². The van der Waals surface area contributed by atoms with Crippen LogP contribution < -0.4 is 0 Å². The van der Waals surface area contributed by atoms with Gasteiger partial charge < -0.3 is 4.74 Å². The molecule has 0 aromatic rings. The minimum atomic E-state index is -4.21. The first-order chi connectivity index (χ1) is 7.45. The highest BCUT2D eigenvalue weighted by atomic mass is 19.4. The Balaban J connectivity index is 3.44. The summed E-state index contributed by atoms with van der Waals surface area (Å²) in [6, 6.07) is 0. The van der Waals surface area contributed by atoms with E-state index in [4.69, 9.17) is 0 Å². The van der Waals surface area contributed by atoms with Crippen LogP contribution in [-0.4, -0.2) is 19.4 Å². The monoisotopic (exact) mass is 238 g/mol. The van der Waals surface area contributed by atoms with E-state index in [1.807, 2.05) is 13.0 Å². The lowest BCUT2D eigenvalue weighted by Gasteiger charge is -2.06. The van der Waals surface area contributed by atoms with Crippen LogP contribution in [-0.2, 0) is 4.74 Å². The Morgan fingerprint density at radius 1 is 1.25 bits per heavy atom. The number of ether oxygens (including phenoxy) is 1. The van der Waals surface area contributed by atoms with Gasteiger partial charge in [-0.2, -0.15) is 13.2 Å². The van der Waals surface area contributed by atoms with Gasteiger partial charge in [-0.25, -0.2) is 0 Å². The second-order valence-electron chi connectivity index (χ2n) is 3.96. The van der Waals surface area contributed by atoms with Crippen molar-refractivity contribution in [2.75, 3.05) is 13.2 Å². The maximum atomic E-state index is 11.7. The van der Waals surface area contributed by atoms with Gasteiger partial charge in [0.2, 0.25) is 0 Å². The summed E-state index contributed by atoms with van der Waals surface area (Å²) in [5.41, 5.74) is 1.24. The van der Waals surface area contributed by atoms with Crippen LogP contribution in [0.5, 0.6) is 0 Å². The maximum Gasteiger partial charge on any atom is 0.411 e. The number of halogens is 3. The third kappa shape index (κ3) is 11.6. The normalized spacial score (nSPS) is 13.2. The average Bonchev–Trinajstić information content (AvgIpc) is 2.16. The fraction of sp³-hybridized carbons (Fsp3) is 0.833. The quantitative estimate of drug-likeness (QED) is 0.447. The van der Waals surface area contributed by atoms with Crippen LogP contribution in [0.25, 0.3) is 0 Å². The minimum absolute atomic E-state index is 0.143. The molecule has 0 fully saturated rings. The first-order valence-corrected chi connectivity index (χ1v) is 5.76. The summed E-state index contributed by atoms with van der Waals surface area (Å²) in [7, 11) is 0. The molecule has 0 aliphatic rings. The second kappa shape index (κ2) is 8.62. The van der Waals surface area contributed by atoms with Gasteiger partial charge in [0.25, 0.3) is 0 Å². The Morgan fingerprint density at radius 3 is 2.50 bits per heavy atom. The van der Waals surface area contributed by atoms with Crippen molar-refractivity contribution in [2.45, 2.75) is 52.1 Å². The second-order valence-corrected chi connectivity index (χ2v) is 3.96. The molecule has 0 heterocycles. The van der Waals surface area contributed by atoms with Gasteiger partial charge in [0.15, 0.2) is 0 Å². The molecule has 0 rings (SSSR count). The minimum Gasteiger partial charge on any atom is -0.372 e. The lowest BCUT2D eigenvalue weighted by Crippen LogP contribution is -2.17. The molecule has 0 atom stereocenters. The van der Waals surface area contributed by atoms with Crippen LogP contribution in [0.3, 0.4) is 0 Å². The molecule has 0 bridgehead atoms. The van der Waals surface area contributed by atoms with E-state index in [2.05, 4.69) is 11.7 Å². The molecule has 0 amide bonds. The third-order valence-corrected chi connectivity index (χ3v) is 2.20. The number of allylic oxidation sites excluding steroid dienone is 1. The van der Waals surface area contributed by atoms with Gasteiger partial charge in [0.1, 0.15) is 6.61 Å². The molecule has 96 valence electrons. The van der Waals surface area contributed by atoms with E-state index in [9.17, 15) is 13.2 Å². The highest BCUT2D eigenvalue weighted by Crippen LogP contribution is 2.14. The molecule has 0 unspecified atom stereocenters. The summed E-state index contributed by atoms with van der Waals surface area (Å²) in [5.74, 6) is 0. The summed E-state index contributed by atoms with van der Waals surface area (Å²) in [4.78, 5) is 0. The van der Waals surface area contributed by atoms with Crippen LogP contribution in [0.2, 0.25) is 0 Å². The number of hydrogen-bond acceptors (Lipinski definition) is 1. The molecule has 0 N–H and O–H groups in total. The number of alkyl halides is 3. The van der Waals surface area contributed by atoms with Crippen LogP contribution in [0.15, 0.2) is 11.6 Å². The smallest absolute Gasteiger partial charge is 0.372 e. The maximum absolute atomic E-state index is 11.7. The number of hydrogen-bond donors (Lipinski definition) is 0. The Morgan fingerprint density at radius 2 is 1.94 bits per heavy atom. The lowest BCUT2D eigenvalue weighted by molar-refractivity contribution is -0.173. The Labute approximate surface area is 95.7 Å². The van der Waals surface area contributed by atoms with Crippen molar-refractivity contribution in [1.82, 2.24) is 0 Å². The van der Waals surface area contributed by atoms with Gasteiger partial charge in [0, 0.05) is 0 Å². The molecule has 0 saturated carbocycles. The van der Waals surface area contributed by atoms with Gasteiger partial charge in [-0.05, 0) is 26.2 Å². The number of unbranched alkanes of at least 4 members (excludes halogenated alkanes) is 2. The molecule has 4 heteroatoms. The van der Waals surface area contributed by atoms with Crippen LogP contribution in [0, 0.1) is 0 Å². The third-order valence-electron chi connectivity index (χ3n) is 2.20. The highest BCUT2D eigenvalue weighted by Gasteiger charge is 2.26. The molecule has 16 heavy (non-hydrogen) atoms. The molecule has 0 saturated heterocycles. The van der Waals surface area contributed by atoms with Crippen molar-refractivity contribution in [2.24, 2.45) is 0 Å². The van der Waals surface area contributed by atoms with Crippen molar-refractivity contribution >= 4 is 0 Å². The van der Waals surface area contributed by atoms with Crippen LogP contribution >= 0.6 is 0 Å². The molecule has 1 nitrogen and oxygen atoms in total. The average molecular weight is 238 g/mol. The van der Waals surface area contributed by atoms with Crippen molar-refractivity contribution in [3.63, 3.8) is 0 Å². The van der Waals surface area contributed by atoms with Crippen molar-refractivity contribution < 1.29 is 17.9 Å². The summed E-state index contributed by atoms with van der Waals surface area (Å²) in [6.07, 6.45) is 2.90. The van der Waals surface area contributed by atoms with Gasteiger partial charge in [-0.1, -0.05) is 31.4 Å². The van der Waals surface area contributed by atoms with Gasteiger partial charge in [0.05, 0.1) is 6.61 Å². The molecular formula is C12H21F3O. The van der Waals surface area contributed by atoms with E-state index in [0.717, 1.165) is 12.8 Å². The molecular weight excluding hydrogens is 217 g/mol. The van der Waals surface area contributed by atoms with Gasteiger partial charge in [-0.15, -0.1) is 0 Å². The molecule has 0 aromatic heterocycles. The summed E-state index contributed by atoms with van der Waals surface area (Å²) in [6.45, 7) is 3.16. The van der Waals surface area contributed by atoms with E-state index in [1.54, 1.807) is 0 Å². The predicted octanol–water partition coefficient (Wildman–Crippen LogP) is 4.48. The zero-order valence-electron chi connectivity index (χ0n) is 10.1. The predicted molar refractivity (Wildman–Crippen MR) is 59.4 cm³/mol. The zero-order chi connectivity index (χ0) is 12.4. The van der Waals surface area contributed by atoms with Crippen LogP contribution in [0.4, 0.5) is 13.2 Å². The Hall–Kier alpha value is -0.510. The van der Waals surface area contributed by atoms with Gasteiger partial charge in [-0.3, -0.25) is 0 Å². The highest BCUT2D eigenvalue weighted by molar-refractivity contribution is 4.97. The topological polar surface area (TPSA) is 9.23 Å². The largest absolute Gasteiger partial charge is 0.411 e. The molecule has 0 aromatic carbocycles. The van der Waals surface area contributed by atoms with E-state index < -0.39 is 12.8 Å². The van der Waals surface area contributed by atoms with Crippen molar-refractivity contribution in [1.29, 1.82) is 0 Å². The molecule has 0 spiro atoms. The standard InChI is InChI=1S/C12H21F3O/c1-3-4-5-7-11(2)8-6-9-16-10-12(13,14)15/h8H,3-7,9-10H2,1-2H3/b11-8+. The van der Waals surface area contributed by atoms with Crippen molar-refractivity contribution in [3.05, 3.63) is 11.6 Å². The van der Waals surface area contributed by atoms with E-state index >= 15 is 0 Å². The summed E-state index contributed by atoms with van der Waals surface area (Å²) < 4.78 is 39.6. The van der Waals surface area contributed by atoms with Gasteiger partial charge >= 0.3 is 6.18 Å². The summed E-state index contributed by atoms with van der Waals surface area (Å²) in [5, 5.41) is 0. The lowest BCUT2D eigenvalue weighted by atomic mass is 10.1. The Kier molecular flexibility index (Phi) is 8.35. The number of rotatable bonds is 8.